The number of hydrogen-bond acceptors (Lipinski definition) is 2. The van der Waals surface area contributed by atoms with Gasteiger partial charge in [-0.1, -0.05) is 18.2 Å². The molecule has 2 rings (SSSR count). The molecule has 1 aromatic carbocycles. The van der Waals surface area contributed by atoms with Gasteiger partial charge in [-0.2, -0.15) is 5.26 Å². The fourth-order valence-corrected chi connectivity index (χ4v) is 2.33. The third kappa shape index (κ3) is 2.30. The lowest BCUT2D eigenvalue weighted by Gasteiger charge is -2.26. The monoisotopic (exact) mass is 200 g/mol. The largest absolute Gasteiger partial charge is 0.369 e. The Balaban J connectivity index is 2.05. The second-order valence-corrected chi connectivity index (χ2v) is 4.02. The van der Waals surface area contributed by atoms with Gasteiger partial charge >= 0.3 is 0 Å². The first kappa shape index (κ1) is 10.0. The highest BCUT2D eigenvalue weighted by molar-refractivity contribution is 5.47. The van der Waals surface area contributed by atoms with Gasteiger partial charge in [-0.15, -0.1) is 0 Å². The molecule has 0 N–H and O–H groups in total. The maximum absolute atomic E-state index is 8.61. The van der Waals surface area contributed by atoms with E-state index in [0.29, 0.717) is 12.5 Å². The first-order valence-corrected chi connectivity index (χ1v) is 5.60. The third-order valence-electron chi connectivity index (χ3n) is 3.05. The predicted molar refractivity (Wildman–Crippen MR) is 61.7 cm³/mol. The molecule has 0 radical (unpaired) electrons. The lowest BCUT2D eigenvalue weighted by molar-refractivity contribution is 0.620. The van der Waals surface area contributed by atoms with Gasteiger partial charge in [0.25, 0.3) is 0 Å². The van der Waals surface area contributed by atoms with Crippen molar-refractivity contribution in [2.24, 2.45) is 0 Å². The first-order chi connectivity index (χ1) is 7.42. The first-order valence-electron chi connectivity index (χ1n) is 5.60. The molecule has 1 aliphatic rings. The molecule has 2 heteroatoms. The third-order valence-corrected chi connectivity index (χ3v) is 3.05. The van der Waals surface area contributed by atoms with Crippen LogP contribution in [0.15, 0.2) is 30.3 Å². The molecule has 0 aliphatic carbocycles. The summed E-state index contributed by atoms with van der Waals surface area (Å²) < 4.78 is 0. The van der Waals surface area contributed by atoms with E-state index in [9.17, 15) is 0 Å². The molecular weight excluding hydrogens is 184 g/mol. The van der Waals surface area contributed by atoms with Crippen LogP contribution in [-0.2, 0) is 0 Å². The van der Waals surface area contributed by atoms with Crippen molar-refractivity contribution in [2.45, 2.75) is 31.7 Å². The summed E-state index contributed by atoms with van der Waals surface area (Å²) in [6, 6.07) is 13.3. The van der Waals surface area contributed by atoms with Crippen molar-refractivity contribution in [2.75, 3.05) is 11.4 Å². The fraction of sp³-hybridized carbons (Fsp3) is 0.462. The molecular formula is C13H16N2. The summed E-state index contributed by atoms with van der Waals surface area (Å²) in [7, 11) is 0. The van der Waals surface area contributed by atoms with Crippen LogP contribution in [0.5, 0.6) is 0 Å². The molecule has 15 heavy (non-hydrogen) atoms. The molecule has 1 aliphatic heterocycles. The van der Waals surface area contributed by atoms with Crippen LogP contribution in [0.4, 0.5) is 5.69 Å². The van der Waals surface area contributed by atoms with Crippen molar-refractivity contribution in [1.82, 2.24) is 0 Å². The average molecular weight is 200 g/mol. The molecule has 1 aromatic rings. The zero-order valence-corrected chi connectivity index (χ0v) is 8.89. The molecule has 1 unspecified atom stereocenters. The van der Waals surface area contributed by atoms with Crippen LogP contribution in [0, 0.1) is 11.3 Å². The Kier molecular flexibility index (Phi) is 3.24. The van der Waals surface area contributed by atoms with E-state index in [0.717, 1.165) is 13.0 Å². The summed E-state index contributed by atoms with van der Waals surface area (Å²) in [5, 5.41) is 8.61. The van der Waals surface area contributed by atoms with E-state index in [4.69, 9.17) is 5.26 Å². The van der Waals surface area contributed by atoms with Crippen molar-refractivity contribution in [3.05, 3.63) is 30.3 Å². The maximum Gasteiger partial charge on any atom is 0.0622 e. The van der Waals surface area contributed by atoms with Crippen LogP contribution >= 0.6 is 0 Å². The molecule has 1 fully saturated rings. The van der Waals surface area contributed by atoms with Crippen molar-refractivity contribution >= 4 is 5.69 Å². The average Bonchev–Trinajstić information content (AvgIpc) is 2.75. The van der Waals surface area contributed by atoms with Crippen LogP contribution in [0.1, 0.15) is 25.7 Å². The number of rotatable bonds is 3. The highest BCUT2D eigenvalue weighted by Crippen LogP contribution is 2.27. The van der Waals surface area contributed by atoms with E-state index in [1.165, 1.54) is 18.5 Å². The van der Waals surface area contributed by atoms with Gasteiger partial charge in [-0.25, -0.2) is 0 Å². The molecule has 0 saturated carbocycles. The molecule has 1 atom stereocenters. The lowest BCUT2D eigenvalue weighted by atomic mass is 10.1. The fourth-order valence-electron chi connectivity index (χ4n) is 2.33. The Hall–Kier alpha value is -1.49. The zero-order valence-electron chi connectivity index (χ0n) is 8.89. The summed E-state index contributed by atoms with van der Waals surface area (Å²) in [6.45, 7) is 1.14. The summed E-state index contributed by atoms with van der Waals surface area (Å²) in [5.74, 6) is 0. The normalized spacial score (nSPS) is 20.2. The molecule has 0 bridgehead atoms. The maximum atomic E-state index is 8.61. The summed E-state index contributed by atoms with van der Waals surface area (Å²) in [5.41, 5.74) is 1.30. The number of hydrogen-bond donors (Lipinski definition) is 0. The summed E-state index contributed by atoms with van der Waals surface area (Å²) in [4.78, 5) is 2.44. The number of benzene rings is 1. The van der Waals surface area contributed by atoms with E-state index in [1.54, 1.807) is 0 Å². The van der Waals surface area contributed by atoms with Crippen molar-refractivity contribution in [1.29, 1.82) is 5.26 Å². The molecule has 1 heterocycles. The van der Waals surface area contributed by atoms with Gasteiger partial charge in [0.2, 0.25) is 0 Å². The number of nitriles is 1. The molecule has 78 valence electrons. The highest BCUT2D eigenvalue weighted by Gasteiger charge is 2.23. The van der Waals surface area contributed by atoms with E-state index in [-0.39, 0.29) is 0 Å². The van der Waals surface area contributed by atoms with Crippen LogP contribution < -0.4 is 4.90 Å². The standard InChI is InChI=1S/C13H16N2/c14-10-4-8-13-9-5-11-15(13)12-6-2-1-3-7-12/h1-3,6-7,13H,4-5,8-9,11H2. The van der Waals surface area contributed by atoms with Crippen molar-refractivity contribution < 1.29 is 0 Å². The Labute approximate surface area is 91.1 Å². The Morgan fingerprint density at radius 1 is 1.33 bits per heavy atom. The van der Waals surface area contributed by atoms with E-state index < -0.39 is 0 Å². The van der Waals surface area contributed by atoms with Gasteiger partial charge in [0.1, 0.15) is 0 Å². The van der Waals surface area contributed by atoms with Crippen LogP contribution in [0.25, 0.3) is 0 Å². The summed E-state index contributed by atoms with van der Waals surface area (Å²) >= 11 is 0. The van der Waals surface area contributed by atoms with Gasteiger partial charge in [0, 0.05) is 24.7 Å². The quantitative estimate of drug-likeness (QED) is 0.750. The summed E-state index contributed by atoms with van der Waals surface area (Å²) in [6.07, 6.45) is 4.17. The second kappa shape index (κ2) is 4.84. The van der Waals surface area contributed by atoms with Crippen LogP contribution in [0.3, 0.4) is 0 Å². The van der Waals surface area contributed by atoms with Crippen molar-refractivity contribution in [3.63, 3.8) is 0 Å². The lowest BCUT2D eigenvalue weighted by Crippen LogP contribution is -2.28. The molecule has 0 aromatic heterocycles. The van der Waals surface area contributed by atoms with Crippen LogP contribution in [-0.4, -0.2) is 12.6 Å². The molecule has 2 nitrogen and oxygen atoms in total. The van der Waals surface area contributed by atoms with Crippen molar-refractivity contribution in [3.8, 4) is 6.07 Å². The minimum atomic E-state index is 0.576. The SMILES string of the molecule is N#CCCC1CCCN1c1ccccc1. The van der Waals surface area contributed by atoms with Gasteiger partial charge in [-0.05, 0) is 31.4 Å². The molecule has 0 spiro atoms. The Bertz CT molecular complexity index is 339. The molecule has 1 saturated heterocycles. The predicted octanol–water partition coefficient (Wildman–Crippen LogP) is 2.96. The highest BCUT2D eigenvalue weighted by atomic mass is 15.2. The number of nitrogens with zero attached hydrogens (tertiary/aromatic N) is 2. The number of para-hydroxylation sites is 1. The Morgan fingerprint density at radius 3 is 2.87 bits per heavy atom. The van der Waals surface area contributed by atoms with E-state index >= 15 is 0 Å². The van der Waals surface area contributed by atoms with Gasteiger partial charge in [0.15, 0.2) is 0 Å². The van der Waals surface area contributed by atoms with Crippen LogP contribution in [0.2, 0.25) is 0 Å². The van der Waals surface area contributed by atoms with E-state index in [1.807, 2.05) is 6.07 Å². The second-order valence-electron chi connectivity index (χ2n) is 4.02. The smallest absolute Gasteiger partial charge is 0.0622 e. The zero-order chi connectivity index (χ0) is 10.5. The van der Waals surface area contributed by atoms with Gasteiger partial charge < -0.3 is 4.90 Å². The minimum absolute atomic E-state index is 0.576. The van der Waals surface area contributed by atoms with Gasteiger partial charge in [-0.3, -0.25) is 0 Å². The Morgan fingerprint density at radius 2 is 2.13 bits per heavy atom. The van der Waals surface area contributed by atoms with E-state index in [2.05, 4.69) is 35.2 Å². The topological polar surface area (TPSA) is 27.0 Å². The number of anilines is 1. The molecule has 0 amide bonds. The van der Waals surface area contributed by atoms with Gasteiger partial charge in [0.05, 0.1) is 6.07 Å². The minimum Gasteiger partial charge on any atom is -0.369 e.